The number of anilines is 1. The van der Waals surface area contributed by atoms with E-state index in [1.54, 1.807) is 0 Å². The van der Waals surface area contributed by atoms with Crippen LogP contribution in [0.25, 0.3) is 0 Å². The molecule has 1 amide bonds. The van der Waals surface area contributed by atoms with Crippen LogP contribution < -0.4 is 5.32 Å². The van der Waals surface area contributed by atoms with Gasteiger partial charge in [0, 0.05) is 0 Å². The third-order valence-corrected chi connectivity index (χ3v) is 3.30. The summed E-state index contributed by atoms with van der Waals surface area (Å²) in [4.78, 5) is 27.1. The van der Waals surface area contributed by atoms with Crippen molar-refractivity contribution in [3.05, 3.63) is 58.3 Å². The summed E-state index contributed by atoms with van der Waals surface area (Å²) < 4.78 is 9.97. The van der Waals surface area contributed by atoms with Crippen LogP contribution in [0.5, 0.6) is 0 Å². The van der Waals surface area contributed by atoms with E-state index in [1.165, 1.54) is 19.2 Å². The number of nitrogens with one attached hydrogen (secondary N) is 1. The smallest absolute Gasteiger partial charge is 0.412 e. The molecule has 0 bridgehead atoms. The Bertz CT molecular complexity index is 676. The maximum Gasteiger partial charge on any atom is 0.412 e. The van der Waals surface area contributed by atoms with Crippen LogP contribution in [0.2, 0.25) is 0 Å². The van der Waals surface area contributed by atoms with Crippen molar-refractivity contribution in [2.45, 2.75) is 6.61 Å². The Kier molecular flexibility index (Phi) is 5.48. The number of hydrogen-bond donors (Lipinski definition) is 1. The highest BCUT2D eigenvalue weighted by atomic mass is 79.9. The van der Waals surface area contributed by atoms with Gasteiger partial charge in [-0.25, -0.2) is 14.6 Å². The summed E-state index contributed by atoms with van der Waals surface area (Å²) >= 11 is 3.18. The number of nitrogens with zero attached hydrogens (tertiary/aromatic N) is 1. The Morgan fingerprint density at radius 1 is 1.18 bits per heavy atom. The lowest BCUT2D eigenvalue weighted by molar-refractivity contribution is 0.0594. The van der Waals surface area contributed by atoms with E-state index in [0.29, 0.717) is 10.3 Å². The van der Waals surface area contributed by atoms with Crippen molar-refractivity contribution in [3.63, 3.8) is 0 Å². The second-order valence-electron chi connectivity index (χ2n) is 4.21. The number of carbonyl (C=O) groups excluding carboxylic acids is 2. The summed E-state index contributed by atoms with van der Waals surface area (Å²) in [5.74, 6) is -0.557. The van der Waals surface area contributed by atoms with Crippen molar-refractivity contribution >= 4 is 33.7 Å². The largest absolute Gasteiger partial charge is 0.464 e. The maximum atomic E-state index is 11.7. The van der Waals surface area contributed by atoms with Gasteiger partial charge in [-0.1, -0.05) is 30.3 Å². The third-order valence-electron chi connectivity index (χ3n) is 2.69. The van der Waals surface area contributed by atoms with Crippen molar-refractivity contribution in [3.8, 4) is 0 Å². The van der Waals surface area contributed by atoms with Crippen LogP contribution in [0.15, 0.2) is 47.1 Å². The van der Waals surface area contributed by atoms with Gasteiger partial charge in [0.05, 0.1) is 12.8 Å². The van der Waals surface area contributed by atoms with Gasteiger partial charge in [0.15, 0.2) is 0 Å². The normalized spacial score (nSPS) is 9.91. The molecule has 0 unspecified atom stereocenters. The standard InChI is InChI=1S/C15H13BrN2O4/c1-21-14(19)12-8-7-11(13(16)17-12)18-15(20)22-9-10-5-3-2-4-6-10/h2-8H,9H2,1H3,(H,18,20). The first-order valence-electron chi connectivity index (χ1n) is 6.32. The molecule has 22 heavy (non-hydrogen) atoms. The van der Waals surface area contributed by atoms with Gasteiger partial charge in [-0.3, -0.25) is 5.32 Å². The summed E-state index contributed by atoms with van der Waals surface area (Å²) in [6.45, 7) is 0.165. The van der Waals surface area contributed by atoms with E-state index in [0.717, 1.165) is 5.56 Å². The lowest BCUT2D eigenvalue weighted by Gasteiger charge is -2.09. The van der Waals surface area contributed by atoms with Crippen molar-refractivity contribution in [1.29, 1.82) is 0 Å². The van der Waals surface area contributed by atoms with Crippen molar-refractivity contribution in [2.75, 3.05) is 12.4 Å². The lowest BCUT2D eigenvalue weighted by atomic mass is 10.2. The maximum absolute atomic E-state index is 11.7. The molecule has 0 atom stereocenters. The summed E-state index contributed by atoms with van der Waals surface area (Å²) in [7, 11) is 1.27. The summed E-state index contributed by atoms with van der Waals surface area (Å²) in [6, 6.07) is 12.3. The first-order valence-corrected chi connectivity index (χ1v) is 7.12. The minimum absolute atomic E-state index is 0.137. The average molecular weight is 365 g/mol. The molecule has 0 saturated carbocycles. The van der Waals surface area contributed by atoms with Gasteiger partial charge in [-0.05, 0) is 33.6 Å². The molecule has 1 N–H and O–H groups in total. The van der Waals surface area contributed by atoms with E-state index in [2.05, 4.69) is 31.0 Å². The Hall–Kier alpha value is -2.41. The van der Waals surface area contributed by atoms with Gasteiger partial charge < -0.3 is 9.47 Å². The van der Waals surface area contributed by atoms with E-state index >= 15 is 0 Å². The molecule has 6 nitrogen and oxygen atoms in total. The molecule has 0 aliphatic carbocycles. The quantitative estimate of drug-likeness (QED) is 0.664. The fraction of sp³-hybridized carbons (Fsp3) is 0.133. The fourth-order valence-electron chi connectivity index (χ4n) is 1.61. The van der Waals surface area contributed by atoms with Crippen LogP contribution in [0, 0.1) is 0 Å². The number of aromatic nitrogens is 1. The summed E-state index contributed by atoms with van der Waals surface area (Å²) in [5, 5.41) is 2.54. The van der Waals surface area contributed by atoms with Crippen LogP contribution in [0.3, 0.4) is 0 Å². The SMILES string of the molecule is COC(=O)c1ccc(NC(=O)OCc2ccccc2)c(Br)n1. The van der Waals surface area contributed by atoms with Crippen LogP contribution in [-0.2, 0) is 16.1 Å². The van der Waals surface area contributed by atoms with Crippen LogP contribution in [-0.4, -0.2) is 24.2 Å². The predicted octanol–water partition coefficient (Wildman–Crippen LogP) is 3.38. The van der Waals surface area contributed by atoms with Crippen molar-refractivity contribution in [1.82, 2.24) is 4.98 Å². The molecule has 1 aromatic heterocycles. The number of pyridine rings is 1. The van der Waals surface area contributed by atoms with Gasteiger partial charge >= 0.3 is 12.1 Å². The zero-order valence-electron chi connectivity index (χ0n) is 11.7. The molecule has 1 aromatic carbocycles. The van der Waals surface area contributed by atoms with Gasteiger partial charge in [-0.2, -0.15) is 0 Å². The van der Waals surface area contributed by atoms with Crippen LogP contribution in [0.1, 0.15) is 16.1 Å². The van der Waals surface area contributed by atoms with E-state index in [1.807, 2.05) is 30.3 Å². The second kappa shape index (κ2) is 7.56. The third kappa shape index (κ3) is 4.29. The van der Waals surface area contributed by atoms with Gasteiger partial charge in [0.25, 0.3) is 0 Å². The number of amides is 1. The van der Waals surface area contributed by atoms with E-state index < -0.39 is 12.1 Å². The van der Waals surface area contributed by atoms with Crippen molar-refractivity contribution < 1.29 is 19.1 Å². The zero-order chi connectivity index (χ0) is 15.9. The highest BCUT2D eigenvalue weighted by molar-refractivity contribution is 9.10. The van der Waals surface area contributed by atoms with Crippen LogP contribution >= 0.6 is 15.9 Å². The number of benzene rings is 1. The predicted molar refractivity (Wildman–Crippen MR) is 83.5 cm³/mol. The van der Waals surface area contributed by atoms with Gasteiger partial charge in [0.2, 0.25) is 0 Å². The van der Waals surface area contributed by atoms with Crippen molar-refractivity contribution in [2.24, 2.45) is 0 Å². The highest BCUT2D eigenvalue weighted by Gasteiger charge is 2.12. The molecule has 0 spiro atoms. The molecule has 7 heteroatoms. The minimum atomic E-state index is -0.614. The Labute approximate surface area is 135 Å². The molecule has 0 aliphatic rings. The topological polar surface area (TPSA) is 77.5 Å². The lowest BCUT2D eigenvalue weighted by Crippen LogP contribution is -2.15. The number of methoxy groups -OCH3 is 1. The molecule has 0 saturated heterocycles. The number of rotatable bonds is 4. The average Bonchev–Trinajstić information content (AvgIpc) is 2.55. The molecule has 1 heterocycles. The van der Waals surface area contributed by atoms with Gasteiger partial charge in [-0.15, -0.1) is 0 Å². The molecule has 2 aromatic rings. The van der Waals surface area contributed by atoms with Crippen LogP contribution in [0.4, 0.5) is 10.5 Å². The molecular formula is C15H13BrN2O4. The molecule has 0 radical (unpaired) electrons. The summed E-state index contributed by atoms with van der Waals surface area (Å²) in [6.07, 6.45) is -0.614. The number of carbonyl (C=O) groups is 2. The Morgan fingerprint density at radius 2 is 1.91 bits per heavy atom. The Morgan fingerprint density at radius 3 is 2.55 bits per heavy atom. The van der Waals surface area contributed by atoms with E-state index in [-0.39, 0.29) is 12.3 Å². The molecule has 0 fully saturated rings. The van der Waals surface area contributed by atoms with Gasteiger partial charge in [0.1, 0.15) is 16.9 Å². The molecule has 2 rings (SSSR count). The van der Waals surface area contributed by atoms with E-state index in [4.69, 9.17) is 4.74 Å². The zero-order valence-corrected chi connectivity index (χ0v) is 13.3. The minimum Gasteiger partial charge on any atom is -0.464 e. The first kappa shape index (κ1) is 16.0. The number of esters is 1. The molecule has 0 aliphatic heterocycles. The monoisotopic (exact) mass is 364 g/mol. The number of halogens is 1. The Balaban J connectivity index is 1.95. The molecular weight excluding hydrogens is 352 g/mol. The molecule has 114 valence electrons. The first-order chi connectivity index (χ1) is 10.6. The number of ether oxygens (including phenoxy) is 2. The summed E-state index contributed by atoms with van der Waals surface area (Å²) in [5.41, 5.74) is 1.42. The fourth-order valence-corrected chi connectivity index (χ4v) is 2.04. The highest BCUT2D eigenvalue weighted by Crippen LogP contribution is 2.20. The second-order valence-corrected chi connectivity index (χ2v) is 4.96. The van der Waals surface area contributed by atoms with E-state index in [9.17, 15) is 9.59 Å². The number of hydrogen-bond acceptors (Lipinski definition) is 5.